The molecule has 0 aromatic rings. The summed E-state index contributed by atoms with van der Waals surface area (Å²) in [7, 11) is 0. The minimum absolute atomic E-state index is 0. The molecule has 0 fully saturated rings. The van der Waals surface area contributed by atoms with Gasteiger partial charge in [0, 0.05) is 0 Å². The van der Waals surface area contributed by atoms with E-state index in [1.54, 1.807) is 0 Å². The molecule has 0 aliphatic carbocycles. The monoisotopic (exact) mass is 216 g/mol. The van der Waals surface area contributed by atoms with Crippen molar-refractivity contribution < 1.29 is 44.4 Å². The van der Waals surface area contributed by atoms with E-state index in [4.69, 9.17) is 0 Å². The van der Waals surface area contributed by atoms with Crippen molar-refractivity contribution in [2.24, 2.45) is 0 Å². The molecule has 5 heavy (non-hydrogen) atoms. The van der Waals surface area contributed by atoms with Crippen LogP contribution in [0.2, 0.25) is 0 Å². The fraction of sp³-hybridized carbons (Fsp3) is 0. The van der Waals surface area contributed by atoms with E-state index in [0.717, 1.165) is 0 Å². The predicted octanol–water partition coefficient (Wildman–Crippen LogP) is -0.507. The third-order valence-corrected chi connectivity index (χ3v) is 0. The maximum Gasteiger partial charge on any atom is 2.00 e. The molecular weight excluding hydrogens is 219 g/mol. The van der Waals surface area contributed by atoms with E-state index in [1.165, 1.54) is 0 Å². The molecule has 0 atom stereocenters. The summed E-state index contributed by atoms with van der Waals surface area (Å²) < 4.78 is 0. The van der Waals surface area contributed by atoms with Gasteiger partial charge in [-0.25, -0.2) is 0 Å². The van der Waals surface area contributed by atoms with Crippen molar-refractivity contribution in [3.8, 4) is 0 Å². The Kier molecular flexibility index (Phi) is 266. The zero-order valence-electron chi connectivity index (χ0n) is 2.94. The average Bonchev–Trinajstić information content (AvgIpc) is 0. The van der Waals surface area contributed by atoms with E-state index in [-0.39, 0.29) is 95.7 Å². The number of rotatable bonds is 0. The van der Waals surface area contributed by atoms with Crippen molar-refractivity contribution in [1.29, 1.82) is 0 Å². The Morgan fingerprint density at radius 3 is 0.800 bits per heavy atom. The van der Waals surface area contributed by atoms with Gasteiger partial charge < -0.3 is 19.0 Å². The third-order valence-electron chi connectivity index (χ3n) is 0. The maximum absolute atomic E-state index is 0. The summed E-state index contributed by atoms with van der Waals surface area (Å²) in [5.41, 5.74) is 0. The van der Waals surface area contributed by atoms with Gasteiger partial charge in [-0.1, -0.05) is 0 Å². The van der Waals surface area contributed by atoms with E-state index >= 15 is 0 Å². The molecule has 0 unspecified atom stereocenters. The summed E-state index contributed by atoms with van der Waals surface area (Å²) in [6, 6.07) is 0. The Labute approximate surface area is 93.9 Å². The Morgan fingerprint density at radius 1 is 0.800 bits per heavy atom. The summed E-state index contributed by atoms with van der Waals surface area (Å²) in [4.78, 5) is 0. The summed E-state index contributed by atoms with van der Waals surface area (Å²) in [6.45, 7) is 0. The van der Waals surface area contributed by atoms with Gasteiger partial charge in [0.15, 0.2) is 0 Å². The molecule has 0 saturated carbocycles. The maximum atomic E-state index is 0. The third kappa shape index (κ3) is 19.9. The van der Waals surface area contributed by atoms with Crippen LogP contribution in [0.5, 0.6) is 0 Å². The largest absolute Gasteiger partial charge is 2.00 e. The molecule has 0 aromatic heterocycles. The van der Waals surface area contributed by atoms with Gasteiger partial charge in [-0.3, -0.25) is 0 Å². The van der Waals surface area contributed by atoms with Crippen molar-refractivity contribution in [2.45, 2.75) is 0 Å². The molecule has 5 heteroatoms. The van der Waals surface area contributed by atoms with Crippen LogP contribution in [0.4, 0.5) is 0 Å². The quantitative estimate of drug-likeness (QED) is 0.491. The fourth-order valence-corrected chi connectivity index (χ4v) is 0. The fourth-order valence-electron chi connectivity index (χ4n) is 0. The summed E-state index contributed by atoms with van der Waals surface area (Å²) in [6.07, 6.45) is 0. The van der Waals surface area contributed by atoms with Gasteiger partial charge >= 0.3 is 76.7 Å². The van der Waals surface area contributed by atoms with Gasteiger partial charge in [0.2, 0.25) is 0 Å². The van der Waals surface area contributed by atoms with Crippen molar-refractivity contribution in [2.75, 3.05) is 0 Å². The van der Waals surface area contributed by atoms with Crippen LogP contribution in [0.3, 0.4) is 0 Å². The summed E-state index contributed by atoms with van der Waals surface area (Å²) >= 11 is 0. The average molecular weight is 219 g/mol. The molecule has 0 rings (SSSR count). The van der Waals surface area contributed by atoms with E-state index in [9.17, 15) is 0 Å². The Bertz CT molecular complexity index is 9.61. The van der Waals surface area contributed by atoms with Gasteiger partial charge in [-0.05, 0) is 0 Å². The van der Waals surface area contributed by atoms with Gasteiger partial charge in [0.05, 0.1) is 0 Å². The molecule has 0 heterocycles. The summed E-state index contributed by atoms with van der Waals surface area (Å²) in [5.74, 6) is 0. The van der Waals surface area contributed by atoms with Gasteiger partial charge in [0.25, 0.3) is 0 Å². The number of hydrogen-bond donors (Lipinski definition) is 0. The van der Waals surface area contributed by atoms with Crippen LogP contribution < -0.4 is 0 Å². The van der Waals surface area contributed by atoms with Crippen LogP contribution in [0.1, 0.15) is 0 Å². The predicted molar refractivity (Wildman–Crippen MR) is 13.8 cm³/mol. The van der Waals surface area contributed by atoms with E-state index < -0.39 is 0 Å². The normalized spacial score (nSPS) is 0. The molecule has 16 valence electrons. The molecule has 0 N–H and O–H groups in total. The smallest absolute Gasteiger partial charge is 2.00 e. The number of hydrogen-bond acceptors (Lipinski definition) is 0. The summed E-state index contributed by atoms with van der Waals surface area (Å²) in [5, 5.41) is 0. The van der Waals surface area contributed by atoms with E-state index in [2.05, 4.69) is 0 Å². The molecular formula is CaOSZn2+2. The van der Waals surface area contributed by atoms with Crippen LogP contribution in [0.25, 0.3) is 0 Å². The van der Waals surface area contributed by atoms with Gasteiger partial charge in [-0.15, -0.1) is 0 Å². The van der Waals surface area contributed by atoms with Crippen LogP contribution in [-0.2, 0) is 57.9 Å². The Morgan fingerprint density at radius 2 is 0.800 bits per heavy atom. The molecule has 0 amide bonds. The second-order valence-electron chi connectivity index (χ2n) is 0. The molecule has 0 bridgehead atoms. The minimum Gasteiger partial charge on any atom is -2.00 e. The minimum atomic E-state index is 0. The molecule has 0 radical (unpaired) electrons. The second kappa shape index (κ2) is 29.1. The first-order chi connectivity index (χ1) is 0. The van der Waals surface area contributed by atoms with E-state index in [1.807, 2.05) is 0 Å². The molecule has 0 aliphatic rings. The van der Waals surface area contributed by atoms with Crippen LogP contribution in [-0.4, -0.2) is 37.7 Å². The first-order valence-corrected chi connectivity index (χ1v) is 0. The molecule has 0 aliphatic heterocycles. The Hall–Kier alpha value is 2.82. The van der Waals surface area contributed by atoms with Crippen molar-refractivity contribution >= 4 is 51.2 Å². The van der Waals surface area contributed by atoms with Gasteiger partial charge in [-0.2, -0.15) is 0 Å². The zero-order chi connectivity index (χ0) is 0. The van der Waals surface area contributed by atoms with Crippen molar-refractivity contribution in [1.82, 2.24) is 0 Å². The molecule has 0 aromatic carbocycles. The standard InChI is InChI=1S/Ca.O.S.2Zn/q+2;2*-2;2*+2. The topological polar surface area (TPSA) is 28.5 Å². The SMILES string of the molecule is [Ca+2].[O-2].[S-2].[Zn+2].[Zn+2]. The molecule has 0 saturated heterocycles. The van der Waals surface area contributed by atoms with Crippen LogP contribution in [0, 0.1) is 0 Å². The van der Waals surface area contributed by atoms with Crippen molar-refractivity contribution in [3.05, 3.63) is 0 Å². The first kappa shape index (κ1) is 45.8. The van der Waals surface area contributed by atoms with Gasteiger partial charge in [0.1, 0.15) is 0 Å². The second-order valence-corrected chi connectivity index (χ2v) is 0. The first-order valence-electron chi connectivity index (χ1n) is 0. The van der Waals surface area contributed by atoms with Crippen LogP contribution in [0.15, 0.2) is 0 Å². The molecule has 1 nitrogen and oxygen atoms in total. The molecule has 0 spiro atoms. The zero-order valence-corrected chi connectivity index (χ0v) is 11.9. The Balaban J connectivity index is 0. The van der Waals surface area contributed by atoms with E-state index in [0.29, 0.717) is 0 Å². The van der Waals surface area contributed by atoms with Crippen molar-refractivity contribution in [3.63, 3.8) is 0 Å². The van der Waals surface area contributed by atoms with Crippen LogP contribution >= 0.6 is 0 Å².